The highest BCUT2D eigenvalue weighted by molar-refractivity contribution is 8.77. The van der Waals surface area contributed by atoms with Gasteiger partial charge in [0, 0.05) is 12.2 Å². The van der Waals surface area contributed by atoms with Crippen molar-refractivity contribution in [3.63, 3.8) is 0 Å². The zero-order valence-corrected chi connectivity index (χ0v) is 7.77. The van der Waals surface area contributed by atoms with Gasteiger partial charge < -0.3 is 9.84 Å². The van der Waals surface area contributed by atoms with Gasteiger partial charge in [-0.2, -0.15) is 0 Å². The second-order valence-corrected chi connectivity index (χ2v) is 5.40. The Morgan fingerprint density at radius 1 is 1.70 bits per heavy atom. The van der Waals surface area contributed by atoms with E-state index in [0.717, 1.165) is 12.2 Å². The number of hydrogen-bond acceptors (Lipinski definition) is 4. The molecule has 1 aliphatic heterocycles. The SMILES string of the molecule is OCCOC1(Cl)CCSS1. The van der Waals surface area contributed by atoms with E-state index in [1.165, 1.54) is 10.8 Å². The van der Waals surface area contributed by atoms with Crippen molar-refractivity contribution in [2.24, 2.45) is 0 Å². The van der Waals surface area contributed by atoms with Crippen LogP contribution in [-0.2, 0) is 4.74 Å². The summed E-state index contributed by atoms with van der Waals surface area (Å²) in [4.78, 5) is 0. The minimum absolute atomic E-state index is 0.0414. The highest BCUT2D eigenvalue weighted by Gasteiger charge is 2.33. The van der Waals surface area contributed by atoms with Crippen molar-refractivity contribution in [2.45, 2.75) is 10.8 Å². The molecule has 1 aliphatic rings. The number of alkyl halides is 1. The van der Waals surface area contributed by atoms with Gasteiger partial charge in [0.15, 0.2) is 4.39 Å². The first-order valence-electron chi connectivity index (χ1n) is 3.01. The van der Waals surface area contributed by atoms with Crippen molar-refractivity contribution in [2.75, 3.05) is 19.0 Å². The average molecular weight is 201 g/mol. The third-order valence-corrected chi connectivity index (χ3v) is 4.60. The molecular weight excluding hydrogens is 192 g/mol. The molecule has 1 rings (SSSR count). The fraction of sp³-hybridized carbons (Fsp3) is 1.00. The normalized spacial score (nSPS) is 33.0. The zero-order chi connectivity index (χ0) is 7.45. The molecule has 1 N–H and O–H groups in total. The van der Waals surface area contributed by atoms with Crippen molar-refractivity contribution < 1.29 is 9.84 Å². The topological polar surface area (TPSA) is 29.5 Å². The van der Waals surface area contributed by atoms with Gasteiger partial charge in [-0.25, -0.2) is 0 Å². The number of rotatable bonds is 3. The van der Waals surface area contributed by atoms with E-state index < -0.39 is 4.39 Å². The van der Waals surface area contributed by atoms with E-state index in [2.05, 4.69) is 0 Å². The molecule has 0 radical (unpaired) electrons. The molecule has 0 bridgehead atoms. The lowest BCUT2D eigenvalue weighted by molar-refractivity contribution is 0.0537. The summed E-state index contributed by atoms with van der Waals surface area (Å²) in [6, 6.07) is 0. The first kappa shape index (κ1) is 9.00. The number of halogens is 1. The molecule has 0 spiro atoms. The van der Waals surface area contributed by atoms with Crippen LogP contribution < -0.4 is 0 Å². The molecule has 1 heterocycles. The summed E-state index contributed by atoms with van der Waals surface area (Å²) >= 11 is 5.96. The van der Waals surface area contributed by atoms with Gasteiger partial charge in [0.1, 0.15) is 0 Å². The van der Waals surface area contributed by atoms with E-state index >= 15 is 0 Å². The van der Waals surface area contributed by atoms with Crippen LogP contribution in [0.5, 0.6) is 0 Å². The third-order valence-electron chi connectivity index (χ3n) is 1.08. The molecule has 5 heteroatoms. The van der Waals surface area contributed by atoms with Gasteiger partial charge in [0.2, 0.25) is 0 Å². The maximum atomic E-state index is 8.44. The van der Waals surface area contributed by atoms with Gasteiger partial charge in [-0.3, -0.25) is 0 Å². The van der Waals surface area contributed by atoms with Crippen LogP contribution in [-0.4, -0.2) is 28.5 Å². The van der Waals surface area contributed by atoms with Crippen molar-refractivity contribution in [1.29, 1.82) is 0 Å². The standard InChI is InChI=1S/C5H9ClO2S2/c6-5(8-3-2-7)1-4-9-10-5/h7H,1-4H2. The minimum atomic E-state index is -0.562. The van der Waals surface area contributed by atoms with E-state index in [-0.39, 0.29) is 6.61 Å². The van der Waals surface area contributed by atoms with Gasteiger partial charge in [0.25, 0.3) is 0 Å². The summed E-state index contributed by atoms with van der Waals surface area (Å²) in [5.41, 5.74) is 0. The predicted molar refractivity (Wildman–Crippen MR) is 46.3 cm³/mol. The highest BCUT2D eigenvalue weighted by atomic mass is 35.5. The molecule has 0 aliphatic carbocycles. The molecule has 0 aromatic heterocycles. The highest BCUT2D eigenvalue weighted by Crippen LogP contribution is 2.50. The largest absolute Gasteiger partial charge is 0.394 e. The Morgan fingerprint density at radius 3 is 3.00 bits per heavy atom. The van der Waals surface area contributed by atoms with Crippen LogP contribution in [0, 0.1) is 0 Å². The maximum Gasteiger partial charge on any atom is 0.199 e. The number of ether oxygens (including phenoxy) is 1. The lowest BCUT2D eigenvalue weighted by Gasteiger charge is -2.18. The summed E-state index contributed by atoms with van der Waals surface area (Å²) in [6.07, 6.45) is 0.851. The van der Waals surface area contributed by atoms with Gasteiger partial charge in [0.05, 0.1) is 13.2 Å². The lowest BCUT2D eigenvalue weighted by atomic mass is 10.5. The molecule has 1 atom stereocenters. The monoisotopic (exact) mass is 200 g/mol. The molecule has 60 valence electrons. The molecule has 10 heavy (non-hydrogen) atoms. The van der Waals surface area contributed by atoms with Crippen molar-refractivity contribution in [3.05, 3.63) is 0 Å². The quantitative estimate of drug-likeness (QED) is 0.555. The van der Waals surface area contributed by atoms with Crippen LogP contribution in [0.4, 0.5) is 0 Å². The first-order valence-corrected chi connectivity index (χ1v) is 5.71. The molecule has 1 fully saturated rings. The van der Waals surface area contributed by atoms with Crippen molar-refractivity contribution >= 4 is 33.2 Å². The van der Waals surface area contributed by atoms with Gasteiger partial charge in [-0.05, 0) is 10.8 Å². The zero-order valence-electron chi connectivity index (χ0n) is 5.38. The minimum Gasteiger partial charge on any atom is -0.394 e. The van der Waals surface area contributed by atoms with Crippen LogP contribution in [0.25, 0.3) is 0 Å². The molecule has 1 saturated heterocycles. The van der Waals surface area contributed by atoms with Crippen LogP contribution in [0.15, 0.2) is 0 Å². The average Bonchev–Trinajstić information content (AvgIpc) is 2.33. The van der Waals surface area contributed by atoms with E-state index in [4.69, 9.17) is 21.4 Å². The Bertz CT molecular complexity index is 106. The molecule has 2 nitrogen and oxygen atoms in total. The van der Waals surface area contributed by atoms with Crippen LogP contribution in [0.3, 0.4) is 0 Å². The Balaban J connectivity index is 2.22. The van der Waals surface area contributed by atoms with Crippen LogP contribution in [0.2, 0.25) is 0 Å². The fourth-order valence-electron chi connectivity index (χ4n) is 0.629. The van der Waals surface area contributed by atoms with Gasteiger partial charge >= 0.3 is 0 Å². The number of hydrogen-bond donors (Lipinski definition) is 1. The second kappa shape index (κ2) is 4.07. The summed E-state index contributed by atoms with van der Waals surface area (Å²) in [6.45, 7) is 0.372. The van der Waals surface area contributed by atoms with E-state index in [1.807, 2.05) is 0 Å². The summed E-state index contributed by atoms with van der Waals surface area (Å²) < 4.78 is 4.64. The molecular formula is C5H9ClO2S2. The molecule has 0 amide bonds. The fourth-order valence-corrected chi connectivity index (χ4v) is 3.81. The van der Waals surface area contributed by atoms with E-state index in [1.54, 1.807) is 10.8 Å². The third kappa shape index (κ3) is 2.51. The maximum absolute atomic E-state index is 8.44. The number of aliphatic hydroxyl groups is 1. The molecule has 0 aromatic carbocycles. The first-order chi connectivity index (χ1) is 4.77. The van der Waals surface area contributed by atoms with Crippen molar-refractivity contribution in [1.82, 2.24) is 0 Å². The smallest absolute Gasteiger partial charge is 0.199 e. The molecule has 0 aromatic rings. The summed E-state index contributed by atoms with van der Waals surface area (Å²) in [7, 11) is 3.24. The Labute approximate surface area is 73.1 Å². The lowest BCUT2D eigenvalue weighted by Crippen LogP contribution is -2.19. The second-order valence-electron chi connectivity index (χ2n) is 1.89. The van der Waals surface area contributed by atoms with Crippen molar-refractivity contribution in [3.8, 4) is 0 Å². The van der Waals surface area contributed by atoms with Crippen LogP contribution in [0.1, 0.15) is 6.42 Å². The predicted octanol–water partition coefficient (Wildman–Crippen LogP) is 1.67. The molecule has 1 unspecified atom stereocenters. The Morgan fingerprint density at radius 2 is 2.50 bits per heavy atom. The summed E-state index contributed by atoms with van der Waals surface area (Å²) in [5, 5.41) is 8.44. The Hall–Kier alpha value is 0.910. The Kier molecular flexibility index (Phi) is 3.66. The summed E-state index contributed by atoms with van der Waals surface area (Å²) in [5.74, 6) is 1.03. The van der Waals surface area contributed by atoms with E-state index in [9.17, 15) is 0 Å². The van der Waals surface area contributed by atoms with Crippen LogP contribution >= 0.6 is 33.2 Å². The van der Waals surface area contributed by atoms with Gasteiger partial charge in [-0.1, -0.05) is 22.4 Å². The van der Waals surface area contributed by atoms with E-state index in [0.29, 0.717) is 6.61 Å². The number of aliphatic hydroxyl groups excluding tert-OH is 1. The molecule has 0 saturated carbocycles. The van der Waals surface area contributed by atoms with Gasteiger partial charge in [-0.15, -0.1) is 0 Å².